The summed E-state index contributed by atoms with van der Waals surface area (Å²) >= 11 is 0. The molecular formula is C10H13N5O. The first kappa shape index (κ1) is 10.5. The Morgan fingerprint density at radius 1 is 1.44 bits per heavy atom. The van der Waals surface area contributed by atoms with Gasteiger partial charge in [-0.1, -0.05) is 0 Å². The number of carbonyl (C=O) groups excluding carboxylic acids is 1. The van der Waals surface area contributed by atoms with Crippen molar-refractivity contribution in [3.05, 3.63) is 30.4 Å². The third-order valence-electron chi connectivity index (χ3n) is 2.23. The van der Waals surface area contributed by atoms with Crippen LogP contribution in [0.4, 0.5) is 0 Å². The van der Waals surface area contributed by atoms with Crippen LogP contribution in [0.25, 0.3) is 0 Å². The molecule has 16 heavy (non-hydrogen) atoms. The number of imidazole rings is 1. The van der Waals surface area contributed by atoms with E-state index in [-0.39, 0.29) is 6.04 Å². The lowest BCUT2D eigenvalue weighted by Gasteiger charge is -2.09. The van der Waals surface area contributed by atoms with Crippen LogP contribution in [0.1, 0.15) is 36.2 Å². The molecule has 0 saturated carbocycles. The van der Waals surface area contributed by atoms with Crippen LogP contribution in [-0.2, 0) is 6.54 Å². The van der Waals surface area contributed by atoms with E-state index in [4.69, 9.17) is 0 Å². The fourth-order valence-corrected chi connectivity index (χ4v) is 1.51. The van der Waals surface area contributed by atoms with E-state index in [1.165, 1.54) is 6.33 Å². The van der Waals surface area contributed by atoms with Crippen molar-refractivity contribution in [2.75, 3.05) is 0 Å². The Bertz CT molecular complexity index is 485. The molecule has 2 rings (SSSR count). The number of hydrogen-bond acceptors (Lipinski definition) is 4. The maximum Gasteiger partial charge on any atom is 0.169 e. The van der Waals surface area contributed by atoms with Gasteiger partial charge < -0.3 is 4.57 Å². The molecule has 0 aliphatic rings. The molecule has 2 aromatic rings. The highest BCUT2D eigenvalue weighted by molar-refractivity contribution is 5.70. The zero-order valence-corrected chi connectivity index (χ0v) is 9.24. The monoisotopic (exact) mass is 219 g/mol. The molecular weight excluding hydrogens is 206 g/mol. The largest absolute Gasteiger partial charge is 0.329 e. The average Bonchev–Trinajstić information content (AvgIpc) is 2.87. The molecule has 0 spiro atoms. The summed E-state index contributed by atoms with van der Waals surface area (Å²) in [7, 11) is 0. The highest BCUT2D eigenvalue weighted by Gasteiger charge is 2.08. The van der Waals surface area contributed by atoms with Gasteiger partial charge in [0, 0.05) is 12.2 Å². The first-order chi connectivity index (χ1) is 7.70. The summed E-state index contributed by atoms with van der Waals surface area (Å²) in [5.74, 6) is 0.852. The van der Waals surface area contributed by atoms with Gasteiger partial charge in [-0.25, -0.2) is 14.6 Å². The fourth-order valence-electron chi connectivity index (χ4n) is 1.51. The summed E-state index contributed by atoms with van der Waals surface area (Å²) < 4.78 is 3.66. The second kappa shape index (κ2) is 4.26. The van der Waals surface area contributed by atoms with E-state index in [2.05, 4.69) is 15.1 Å². The van der Waals surface area contributed by atoms with Gasteiger partial charge in [0.15, 0.2) is 6.29 Å². The van der Waals surface area contributed by atoms with Gasteiger partial charge in [-0.2, -0.15) is 5.10 Å². The molecule has 0 saturated heterocycles. The standard InChI is InChI=1S/C10H13N5O/c1-8(2)15-10(11-6-13-15)4-14-3-9(5-16)12-7-14/h3,5-8H,4H2,1-2H3. The van der Waals surface area contributed by atoms with E-state index in [0.717, 1.165) is 12.1 Å². The lowest BCUT2D eigenvalue weighted by atomic mass is 10.4. The van der Waals surface area contributed by atoms with Gasteiger partial charge in [0.25, 0.3) is 0 Å². The number of hydrogen-bond donors (Lipinski definition) is 0. The van der Waals surface area contributed by atoms with Crippen molar-refractivity contribution >= 4 is 6.29 Å². The van der Waals surface area contributed by atoms with E-state index in [0.29, 0.717) is 12.2 Å². The van der Waals surface area contributed by atoms with Crippen LogP contribution in [0.3, 0.4) is 0 Å². The number of rotatable bonds is 4. The zero-order valence-electron chi connectivity index (χ0n) is 9.24. The first-order valence-electron chi connectivity index (χ1n) is 5.06. The summed E-state index contributed by atoms with van der Waals surface area (Å²) in [5.41, 5.74) is 0.426. The molecule has 6 nitrogen and oxygen atoms in total. The number of carbonyl (C=O) groups is 1. The minimum absolute atomic E-state index is 0.270. The van der Waals surface area contributed by atoms with Crippen molar-refractivity contribution in [2.45, 2.75) is 26.4 Å². The van der Waals surface area contributed by atoms with Crippen LogP contribution < -0.4 is 0 Å². The Kier molecular flexibility index (Phi) is 2.80. The van der Waals surface area contributed by atoms with Crippen LogP contribution >= 0.6 is 0 Å². The molecule has 0 N–H and O–H groups in total. The van der Waals surface area contributed by atoms with E-state index in [9.17, 15) is 4.79 Å². The van der Waals surface area contributed by atoms with Crippen LogP contribution in [0, 0.1) is 0 Å². The second-order valence-corrected chi connectivity index (χ2v) is 3.80. The van der Waals surface area contributed by atoms with Gasteiger partial charge in [0.05, 0.1) is 12.9 Å². The van der Waals surface area contributed by atoms with Gasteiger partial charge in [0.2, 0.25) is 0 Å². The molecule has 0 fully saturated rings. The molecule has 2 heterocycles. The first-order valence-corrected chi connectivity index (χ1v) is 5.06. The van der Waals surface area contributed by atoms with Crippen molar-refractivity contribution in [3.63, 3.8) is 0 Å². The number of aromatic nitrogens is 5. The lowest BCUT2D eigenvalue weighted by Crippen LogP contribution is -2.11. The number of aldehydes is 1. The Balaban J connectivity index is 2.20. The topological polar surface area (TPSA) is 65.6 Å². The van der Waals surface area contributed by atoms with Crippen LogP contribution in [0.15, 0.2) is 18.9 Å². The predicted octanol–water partition coefficient (Wildman–Crippen LogP) is 0.916. The lowest BCUT2D eigenvalue weighted by molar-refractivity contribution is 0.111. The van der Waals surface area contributed by atoms with Gasteiger partial charge >= 0.3 is 0 Å². The molecule has 0 aliphatic heterocycles. The predicted molar refractivity (Wildman–Crippen MR) is 57.1 cm³/mol. The quantitative estimate of drug-likeness (QED) is 0.717. The molecule has 84 valence electrons. The average molecular weight is 219 g/mol. The summed E-state index contributed by atoms with van der Waals surface area (Å²) in [6, 6.07) is 0.270. The molecule has 0 aromatic carbocycles. The highest BCUT2D eigenvalue weighted by atomic mass is 16.1. The minimum atomic E-state index is 0.270. The number of nitrogens with zero attached hydrogens (tertiary/aromatic N) is 5. The molecule has 0 amide bonds. The van der Waals surface area contributed by atoms with Gasteiger partial charge in [-0.15, -0.1) is 0 Å². The van der Waals surface area contributed by atoms with Crippen LogP contribution in [0.2, 0.25) is 0 Å². The van der Waals surface area contributed by atoms with Crippen LogP contribution in [-0.4, -0.2) is 30.6 Å². The van der Waals surface area contributed by atoms with E-state index in [1.807, 2.05) is 23.1 Å². The van der Waals surface area contributed by atoms with Crippen molar-refractivity contribution < 1.29 is 4.79 Å². The maximum absolute atomic E-state index is 10.5. The molecule has 2 aromatic heterocycles. The Labute approximate surface area is 92.9 Å². The van der Waals surface area contributed by atoms with E-state index >= 15 is 0 Å². The molecule has 0 radical (unpaired) electrons. The van der Waals surface area contributed by atoms with Crippen LogP contribution in [0.5, 0.6) is 0 Å². The van der Waals surface area contributed by atoms with Crippen molar-refractivity contribution in [2.24, 2.45) is 0 Å². The van der Waals surface area contributed by atoms with E-state index < -0.39 is 0 Å². The Hall–Kier alpha value is -1.98. The third-order valence-corrected chi connectivity index (χ3v) is 2.23. The second-order valence-electron chi connectivity index (χ2n) is 3.80. The van der Waals surface area contributed by atoms with Crippen molar-refractivity contribution in [3.8, 4) is 0 Å². The highest BCUT2D eigenvalue weighted by Crippen LogP contribution is 2.07. The van der Waals surface area contributed by atoms with Crippen molar-refractivity contribution in [1.29, 1.82) is 0 Å². The summed E-state index contributed by atoms with van der Waals surface area (Å²) in [5, 5.41) is 4.14. The van der Waals surface area contributed by atoms with Crippen molar-refractivity contribution in [1.82, 2.24) is 24.3 Å². The zero-order chi connectivity index (χ0) is 11.5. The van der Waals surface area contributed by atoms with Gasteiger partial charge in [-0.3, -0.25) is 4.79 Å². The molecule has 0 atom stereocenters. The van der Waals surface area contributed by atoms with Gasteiger partial charge in [-0.05, 0) is 13.8 Å². The summed E-state index contributed by atoms with van der Waals surface area (Å²) in [6.45, 7) is 4.66. The minimum Gasteiger partial charge on any atom is -0.329 e. The Morgan fingerprint density at radius 3 is 2.88 bits per heavy atom. The Morgan fingerprint density at radius 2 is 2.25 bits per heavy atom. The molecule has 0 bridgehead atoms. The van der Waals surface area contributed by atoms with Gasteiger partial charge in [0.1, 0.15) is 17.8 Å². The molecule has 0 unspecified atom stereocenters. The fraction of sp³-hybridized carbons (Fsp3) is 0.400. The summed E-state index contributed by atoms with van der Waals surface area (Å²) in [4.78, 5) is 18.6. The smallest absolute Gasteiger partial charge is 0.169 e. The van der Waals surface area contributed by atoms with E-state index in [1.54, 1.807) is 12.5 Å². The molecule has 0 aliphatic carbocycles. The normalized spacial score (nSPS) is 10.9. The maximum atomic E-state index is 10.5. The molecule has 6 heteroatoms. The third kappa shape index (κ3) is 2.00. The SMILES string of the molecule is CC(C)n1ncnc1Cn1cnc(C=O)c1. The summed E-state index contributed by atoms with van der Waals surface area (Å²) in [6.07, 6.45) is 5.56.